The predicted octanol–water partition coefficient (Wildman–Crippen LogP) is 2.56. The van der Waals surface area contributed by atoms with E-state index in [9.17, 15) is 14.4 Å². The Balaban J connectivity index is 1.87. The van der Waals surface area contributed by atoms with E-state index in [-0.39, 0.29) is 24.6 Å². The lowest BCUT2D eigenvalue weighted by Crippen LogP contribution is -2.60. The lowest BCUT2D eigenvalue weighted by Gasteiger charge is -2.33. The molecular formula is C21H18O7. The van der Waals surface area contributed by atoms with Crippen LogP contribution in [0.3, 0.4) is 0 Å². The molecule has 0 N–H and O–H groups in total. The fourth-order valence-electron chi connectivity index (χ4n) is 3.51. The minimum Gasteiger partial charge on any atom is -0.478 e. The van der Waals surface area contributed by atoms with Crippen LogP contribution >= 0.6 is 0 Å². The van der Waals surface area contributed by atoms with Gasteiger partial charge in [0, 0.05) is 5.39 Å². The Morgan fingerprint density at radius 2 is 1.71 bits per heavy atom. The van der Waals surface area contributed by atoms with Gasteiger partial charge in [-0.2, -0.15) is 0 Å². The minimum absolute atomic E-state index is 0.0267. The highest BCUT2D eigenvalue weighted by Crippen LogP contribution is 2.44. The first-order valence-corrected chi connectivity index (χ1v) is 9.00. The van der Waals surface area contributed by atoms with Crippen molar-refractivity contribution in [1.82, 2.24) is 0 Å². The van der Waals surface area contributed by atoms with Gasteiger partial charge in [0.05, 0.1) is 30.6 Å². The van der Waals surface area contributed by atoms with E-state index in [1.807, 2.05) is 30.3 Å². The summed E-state index contributed by atoms with van der Waals surface area (Å²) in [5, 5.41) is 1.55. The maximum Gasteiger partial charge on any atom is 0.367 e. The van der Waals surface area contributed by atoms with Crippen molar-refractivity contribution in [3.05, 3.63) is 53.8 Å². The molecule has 0 aromatic heterocycles. The third-order valence-electron chi connectivity index (χ3n) is 4.80. The molecule has 7 heteroatoms. The maximum atomic E-state index is 13.1. The van der Waals surface area contributed by atoms with E-state index in [0.29, 0.717) is 16.7 Å². The monoisotopic (exact) mass is 382 g/mol. The summed E-state index contributed by atoms with van der Waals surface area (Å²) < 4.78 is 21.7. The predicted molar refractivity (Wildman–Crippen MR) is 97.9 cm³/mol. The molecular weight excluding hydrogens is 364 g/mol. The highest BCUT2D eigenvalue weighted by Gasteiger charge is 2.66. The van der Waals surface area contributed by atoms with Crippen LogP contribution in [0.15, 0.2) is 48.2 Å². The summed E-state index contributed by atoms with van der Waals surface area (Å²) in [5.74, 6) is -1.98. The Morgan fingerprint density at radius 3 is 2.39 bits per heavy atom. The first-order valence-electron chi connectivity index (χ1n) is 9.00. The van der Waals surface area contributed by atoms with Crippen LogP contribution in [-0.4, -0.2) is 42.6 Å². The van der Waals surface area contributed by atoms with Crippen LogP contribution in [0.5, 0.6) is 5.75 Å². The zero-order chi connectivity index (χ0) is 19.9. The summed E-state index contributed by atoms with van der Waals surface area (Å²) in [4.78, 5) is 38.6. The average molecular weight is 382 g/mol. The van der Waals surface area contributed by atoms with Crippen LogP contribution in [0.2, 0.25) is 0 Å². The largest absolute Gasteiger partial charge is 0.478 e. The topological polar surface area (TPSA) is 88.1 Å². The minimum atomic E-state index is -2.22. The van der Waals surface area contributed by atoms with E-state index in [1.54, 1.807) is 19.9 Å². The van der Waals surface area contributed by atoms with Crippen molar-refractivity contribution in [2.45, 2.75) is 25.6 Å². The number of esters is 2. The standard InChI is InChI=1S/C21H18O7/c1-3-25-19(23)21(20(24)26-4-2)18-15(11-27-21)16(22)14-10-9-12-7-5-6-8-13(12)17(14)28-18/h5-11,18H,3-4H2,1-2H3/t18-/m0/s1. The van der Waals surface area contributed by atoms with Gasteiger partial charge in [-0.05, 0) is 25.3 Å². The molecule has 0 bridgehead atoms. The summed E-state index contributed by atoms with van der Waals surface area (Å²) in [7, 11) is 0. The second-order valence-electron chi connectivity index (χ2n) is 6.36. The third kappa shape index (κ3) is 2.39. The quantitative estimate of drug-likeness (QED) is 0.593. The van der Waals surface area contributed by atoms with Gasteiger partial charge >= 0.3 is 17.5 Å². The molecule has 7 nitrogen and oxygen atoms in total. The lowest BCUT2D eigenvalue weighted by molar-refractivity contribution is -0.189. The van der Waals surface area contributed by atoms with Crippen molar-refractivity contribution in [3.63, 3.8) is 0 Å². The van der Waals surface area contributed by atoms with Gasteiger partial charge in [-0.15, -0.1) is 0 Å². The van der Waals surface area contributed by atoms with Crippen molar-refractivity contribution < 1.29 is 33.3 Å². The number of hydrogen-bond acceptors (Lipinski definition) is 7. The molecule has 0 spiro atoms. The van der Waals surface area contributed by atoms with Gasteiger partial charge in [0.25, 0.3) is 0 Å². The molecule has 2 aromatic carbocycles. The molecule has 2 aromatic rings. The van der Waals surface area contributed by atoms with Gasteiger partial charge in [-0.1, -0.05) is 30.3 Å². The maximum absolute atomic E-state index is 13.1. The average Bonchev–Trinajstić information content (AvgIpc) is 3.09. The highest BCUT2D eigenvalue weighted by molar-refractivity contribution is 6.18. The molecule has 0 saturated carbocycles. The molecule has 0 amide bonds. The first-order chi connectivity index (χ1) is 13.5. The molecule has 144 valence electrons. The zero-order valence-corrected chi connectivity index (χ0v) is 15.4. The molecule has 1 atom stereocenters. The summed E-state index contributed by atoms with van der Waals surface area (Å²) in [6.45, 7) is 3.27. The molecule has 0 aliphatic carbocycles. The van der Waals surface area contributed by atoms with Crippen LogP contribution in [0.4, 0.5) is 0 Å². The number of carbonyl (C=O) groups excluding carboxylic acids is 3. The van der Waals surface area contributed by atoms with Crippen molar-refractivity contribution in [2.24, 2.45) is 0 Å². The molecule has 0 radical (unpaired) electrons. The Bertz CT molecular complexity index is 1000. The molecule has 0 unspecified atom stereocenters. The van der Waals surface area contributed by atoms with Crippen molar-refractivity contribution in [3.8, 4) is 5.75 Å². The Hall–Kier alpha value is -3.35. The summed E-state index contributed by atoms with van der Waals surface area (Å²) in [6.07, 6.45) is -0.199. The van der Waals surface area contributed by atoms with E-state index in [4.69, 9.17) is 18.9 Å². The van der Waals surface area contributed by atoms with Crippen LogP contribution in [-0.2, 0) is 23.8 Å². The smallest absolute Gasteiger partial charge is 0.367 e. The van der Waals surface area contributed by atoms with E-state index in [2.05, 4.69) is 0 Å². The molecule has 4 rings (SSSR count). The van der Waals surface area contributed by atoms with E-state index in [0.717, 1.165) is 11.6 Å². The van der Waals surface area contributed by atoms with Crippen LogP contribution < -0.4 is 4.74 Å². The number of Topliss-reactive ketones (excluding diaryl/α,β-unsaturated/α-hetero) is 1. The number of ether oxygens (including phenoxy) is 4. The number of hydrogen-bond donors (Lipinski definition) is 0. The molecule has 28 heavy (non-hydrogen) atoms. The Labute approximate surface area is 160 Å². The highest BCUT2D eigenvalue weighted by atomic mass is 16.6. The van der Waals surface area contributed by atoms with Crippen molar-refractivity contribution in [1.29, 1.82) is 0 Å². The number of rotatable bonds is 4. The Kier molecular flexibility index (Phi) is 4.30. The number of ketones is 1. The summed E-state index contributed by atoms with van der Waals surface area (Å²) >= 11 is 0. The van der Waals surface area contributed by atoms with Crippen molar-refractivity contribution in [2.75, 3.05) is 13.2 Å². The van der Waals surface area contributed by atoms with Gasteiger partial charge < -0.3 is 18.9 Å². The van der Waals surface area contributed by atoms with Gasteiger partial charge in [0.1, 0.15) is 5.75 Å². The van der Waals surface area contributed by atoms with Gasteiger partial charge in [0.15, 0.2) is 11.9 Å². The molecule has 2 aliphatic heterocycles. The normalized spacial score (nSPS) is 19.0. The molecule has 0 saturated heterocycles. The summed E-state index contributed by atoms with van der Waals surface area (Å²) in [6, 6.07) is 10.8. The van der Waals surface area contributed by atoms with Crippen molar-refractivity contribution >= 4 is 28.5 Å². The Morgan fingerprint density at radius 1 is 1.04 bits per heavy atom. The van der Waals surface area contributed by atoms with Gasteiger partial charge in [-0.3, -0.25) is 4.79 Å². The first kappa shape index (κ1) is 18.0. The third-order valence-corrected chi connectivity index (χ3v) is 4.80. The van der Waals surface area contributed by atoms with Gasteiger partial charge in [0.2, 0.25) is 0 Å². The van der Waals surface area contributed by atoms with Crippen LogP contribution in [0.25, 0.3) is 10.8 Å². The molecule has 2 heterocycles. The van der Waals surface area contributed by atoms with E-state index >= 15 is 0 Å². The van der Waals surface area contributed by atoms with E-state index in [1.165, 1.54) is 0 Å². The SMILES string of the molecule is CCOC(=O)C1(C(=O)OCC)OC=C2C(=O)c3ccc4ccccc4c3O[C@@H]21. The number of benzene rings is 2. The zero-order valence-electron chi connectivity index (χ0n) is 15.4. The van der Waals surface area contributed by atoms with E-state index < -0.39 is 23.6 Å². The van der Waals surface area contributed by atoms with Gasteiger partial charge in [-0.25, -0.2) is 9.59 Å². The lowest BCUT2D eigenvalue weighted by atomic mass is 9.86. The molecule has 2 aliphatic rings. The second kappa shape index (κ2) is 6.67. The van der Waals surface area contributed by atoms with Crippen LogP contribution in [0.1, 0.15) is 24.2 Å². The number of carbonyl (C=O) groups is 3. The summed E-state index contributed by atoms with van der Waals surface area (Å²) in [5.41, 5.74) is -1.80. The molecule has 0 fully saturated rings. The van der Waals surface area contributed by atoms with Crippen LogP contribution in [0, 0.1) is 0 Å². The second-order valence-corrected chi connectivity index (χ2v) is 6.36. The fraction of sp³-hybridized carbons (Fsp3) is 0.286. The fourth-order valence-corrected chi connectivity index (χ4v) is 3.51. The number of fused-ring (bicyclic) bond motifs is 4.